The molecular weight excluding hydrogens is 210 g/mol. The summed E-state index contributed by atoms with van der Waals surface area (Å²) in [5, 5.41) is 27.3. The van der Waals surface area contributed by atoms with E-state index >= 15 is 0 Å². The van der Waals surface area contributed by atoms with Crippen molar-refractivity contribution in [1.82, 2.24) is 5.32 Å². The second kappa shape index (κ2) is 6.60. The van der Waals surface area contributed by atoms with Crippen molar-refractivity contribution in [3.63, 3.8) is 0 Å². The number of nitrogens with one attached hydrogen (secondary N) is 1. The molecule has 0 aromatic heterocycles. The zero-order valence-electron chi connectivity index (χ0n) is 7.67. The standard InChI is InChI=1S/C7H11NO7/c9-5(10)3-4(6(11)12)8-1-2-15-7(13)14/h4,8H,1-3H2,(H,9,10)(H,11,12)(H,13,14)/t4-/m0/s1. The Morgan fingerprint density at radius 1 is 1.20 bits per heavy atom. The second-order valence-corrected chi connectivity index (χ2v) is 2.56. The van der Waals surface area contributed by atoms with Gasteiger partial charge in [0.05, 0.1) is 6.42 Å². The molecule has 0 amide bonds. The second-order valence-electron chi connectivity index (χ2n) is 2.56. The molecule has 15 heavy (non-hydrogen) atoms. The van der Waals surface area contributed by atoms with Gasteiger partial charge in [0.25, 0.3) is 0 Å². The smallest absolute Gasteiger partial charge is 0.481 e. The van der Waals surface area contributed by atoms with E-state index in [0.717, 1.165) is 0 Å². The van der Waals surface area contributed by atoms with Gasteiger partial charge in [0.15, 0.2) is 0 Å². The van der Waals surface area contributed by atoms with Gasteiger partial charge in [0.1, 0.15) is 12.6 Å². The molecular formula is C7H11NO7. The van der Waals surface area contributed by atoms with Gasteiger partial charge in [-0.05, 0) is 0 Å². The number of carboxylic acids is 2. The first-order chi connectivity index (χ1) is 6.93. The van der Waals surface area contributed by atoms with Crippen LogP contribution in [0, 0.1) is 0 Å². The number of hydrogen-bond acceptors (Lipinski definition) is 5. The van der Waals surface area contributed by atoms with Crippen molar-refractivity contribution in [2.75, 3.05) is 13.2 Å². The van der Waals surface area contributed by atoms with Crippen LogP contribution in [-0.4, -0.2) is 52.6 Å². The number of rotatable bonds is 7. The highest BCUT2D eigenvalue weighted by molar-refractivity contribution is 5.80. The van der Waals surface area contributed by atoms with E-state index in [1.807, 2.05) is 0 Å². The zero-order chi connectivity index (χ0) is 11.8. The molecule has 0 spiro atoms. The Balaban J connectivity index is 3.81. The van der Waals surface area contributed by atoms with Crippen LogP contribution in [0.4, 0.5) is 4.79 Å². The molecule has 0 fully saturated rings. The minimum Gasteiger partial charge on any atom is -0.481 e. The van der Waals surface area contributed by atoms with Gasteiger partial charge in [-0.3, -0.25) is 9.59 Å². The molecule has 4 N–H and O–H groups in total. The Kier molecular flexibility index (Phi) is 5.79. The van der Waals surface area contributed by atoms with Gasteiger partial charge in [-0.15, -0.1) is 0 Å². The Morgan fingerprint density at radius 2 is 1.80 bits per heavy atom. The maximum Gasteiger partial charge on any atom is 0.505 e. The van der Waals surface area contributed by atoms with Crippen LogP contribution in [0.5, 0.6) is 0 Å². The monoisotopic (exact) mass is 221 g/mol. The molecule has 86 valence electrons. The molecule has 0 aliphatic rings. The molecule has 0 saturated heterocycles. The fourth-order valence-corrected chi connectivity index (χ4v) is 0.793. The van der Waals surface area contributed by atoms with Crippen molar-refractivity contribution >= 4 is 18.1 Å². The van der Waals surface area contributed by atoms with E-state index in [0.29, 0.717) is 0 Å². The van der Waals surface area contributed by atoms with Gasteiger partial charge < -0.3 is 25.4 Å². The number of carbonyl (C=O) groups is 3. The van der Waals surface area contributed by atoms with E-state index in [1.54, 1.807) is 0 Å². The average Bonchev–Trinajstić information content (AvgIpc) is 2.08. The molecule has 0 aliphatic heterocycles. The third-order valence-electron chi connectivity index (χ3n) is 1.40. The largest absolute Gasteiger partial charge is 0.505 e. The van der Waals surface area contributed by atoms with Crippen LogP contribution < -0.4 is 5.32 Å². The summed E-state index contributed by atoms with van der Waals surface area (Å²) >= 11 is 0. The van der Waals surface area contributed by atoms with E-state index in [1.165, 1.54) is 0 Å². The van der Waals surface area contributed by atoms with Gasteiger partial charge in [-0.25, -0.2) is 4.79 Å². The molecule has 0 unspecified atom stereocenters. The van der Waals surface area contributed by atoms with Crippen LogP contribution in [0.3, 0.4) is 0 Å². The number of aliphatic carboxylic acids is 2. The average molecular weight is 221 g/mol. The van der Waals surface area contributed by atoms with E-state index in [-0.39, 0.29) is 13.2 Å². The van der Waals surface area contributed by atoms with Crippen LogP contribution in [0.2, 0.25) is 0 Å². The van der Waals surface area contributed by atoms with Gasteiger partial charge in [0.2, 0.25) is 0 Å². The maximum absolute atomic E-state index is 10.5. The molecule has 0 radical (unpaired) electrons. The summed E-state index contributed by atoms with van der Waals surface area (Å²) in [4.78, 5) is 30.6. The summed E-state index contributed by atoms with van der Waals surface area (Å²) in [6.07, 6.45) is -2.05. The molecule has 0 aliphatic carbocycles. The van der Waals surface area contributed by atoms with Crippen LogP contribution in [0.25, 0.3) is 0 Å². The summed E-state index contributed by atoms with van der Waals surface area (Å²) in [6, 6.07) is -1.25. The highest BCUT2D eigenvalue weighted by Crippen LogP contribution is 1.92. The van der Waals surface area contributed by atoms with Gasteiger partial charge >= 0.3 is 18.1 Å². The third kappa shape index (κ3) is 7.26. The first-order valence-corrected chi connectivity index (χ1v) is 3.97. The van der Waals surface area contributed by atoms with E-state index in [4.69, 9.17) is 15.3 Å². The molecule has 0 rings (SSSR count). The van der Waals surface area contributed by atoms with Crippen molar-refractivity contribution in [1.29, 1.82) is 0 Å². The minimum atomic E-state index is -1.47. The minimum absolute atomic E-state index is 0.0590. The highest BCUT2D eigenvalue weighted by atomic mass is 16.7. The van der Waals surface area contributed by atoms with Crippen molar-refractivity contribution < 1.29 is 34.4 Å². The number of carboxylic acid groups (broad SMARTS) is 3. The molecule has 1 atom stereocenters. The van der Waals surface area contributed by atoms with Crippen LogP contribution in [0.15, 0.2) is 0 Å². The third-order valence-corrected chi connectivity index (χ3v) is 1.40. The van der Waals surface area contributed by atoms with Crippen molar-refractivity contribution in [2.24, 2.45) is 0 Å². The summed E-state index contributed by atoms with van der Waals surface area (Å²) in [7, 11) is 0. The Morgan fingerprint density at radius 3 is 2.20 bits per heavy atom. The molecule has 0 heterocycles. The summed E-state index contributed by atoms with van der Waals surface area (Å²) < 4.78 is 4.09. The topological polar surface area (TPSA) is 133 Å². The van der Waals surface area contributed by atoms with Gasteiger partial charge in [-0.1, -0.05) is 0 Å². The van der Waals surface area contributed by atoms with Crippen LogP contribution in [-0.2, 0) is 14.3 Å². The normalized spacial score (nSPS) is 11.7. The summed E-state index contributed by atoms with van der Waals surface area (Å²) in [5.74, 6) is -2.57. The van der Waals surface area contributed by atoms with Crippen molar-refractivity contribution in [2.45, 2.75) is 12.5 Å². The Bertz CT molecular complexity index is 252. The van der Waals surface area contributed by atoms with Crippen LogP contribution in [0.1, 0.15) is 6.42 Å². The van der Waals surface area contributed by atoms with Crippen molar-refractivity contribution in [3.8, 4) is 0 Å². The number of hydrogen-bond donors (Lipinski definition) is 4. The fraction of sp³-hybridized carbons (Fsp3) is 0.571. The first-order valence-electron chi connectivity index (χ1n) is 3.97. The van der Waals surface area contributed by atoms with Gasteiger partial charge in [-0.2, -0.15) is 0 Å². The van der Waals surface area contributed by atoms with E-state index < -0.39 is 30.6 Å². The molecule has 8 nitrogen and oxygen atoms in total. The molecule has 0 saturated carbocycles. The molecule has 0 aromatic rings. The lowest BCUT2D eigenvalue weighted by molar-refractivity contribution is -0.146. The lowest BCUT2D eigenvalue weighted by Gasteiger charge is -2.11. The highest BCUT2D eigenvalue weighted by Gasteiger charge is 2.19. The lowest BCUT2D eigenvalue weighted by atomic mass is 10.2. The first kappa shape index (κ1) is 13.2. The summed E-state index contributed by atoms with van der Waals surface area (Å²) in [5.41, 5.74) is 0. The van der Waals surface area contributed by atoms with Crippen molar-refractivity contribution in [3.05, 3.63) is 0 Å². The zero-order valence-corrected chi connectivity index (χ0v) is 7.67. The van der Waals surface area contributed by atoms with Crippen LogP contribution >= 0.6 is 0 Å². The maximum atomic E-state index is 10.5. The Hall–Kier alpha value is -1.83. The Labute approximate surface area is 84.5 Å². The predicted molar refractivity (Wildman–Crippen MR) is 45.7 cm³/mol. The predicted octanol–water partition coefficient (Wildman–Crippen LogP) is -0.801. The SMILES string of the molecule is O=C(O)C[C@H](NCCOC(=O)O)C(=O)O. The molecule has 0 bridgehead atoms. The quantitative estimate of drug-likeness (QED) is 0.324. The van der Waals surface area contributed by atoms with E-state index in [2.05, 4.69) is 10.1 Å². The molecule has 0 aromatic carbocycles. The summed E-state index contributed by atoms with van der Waals surface area (Å²) in [6.45, 7) is -0.296. The lowest BCUT2D eigenvalue weighted by Crippen LogP contribution is -2.40. The van der Waals surface area contributed by atoms with E-state index in [9.17, 15) is 14.4 Å². The number of ether oxygens (including phenoxy) is 1. The molecule has 8 heteroatoms. The van der Waals surface area contributed by atoms with Gasteiger partial charge in [0, 0.05) is 6.54 Å². The fourth-order valence-electron chi connectivity index (χ4n) is 0.793.